The van der Waals surface area contributed by atoms with Gasteiger partial charge in [0.15, 0.2) is 0 Å². The number of carbonyl (C=O) groups excluding carboxylic acids is 1. The van der Waals surface area contributed by atoms with Crippen molar-refractivity contribution in [3.63, 3.8) is 0 Å². The fourth-order valence-electron chi connectivity index (χ4n) is 3.15. The Bertz CT molecular complexity index is 837. The number of benzene rings is 2. The fourth-order valence-corrected chi connectivity index (χ4v) is 3.15. The number of amides is 1. The number of hydrogen-bond acceptors (Lipinski definition) is 5. The second kappa shape index (κ2) is 7.53. The normalized spacial score (nSPS) is 15.0. The fraction of sp³-hybridized carbons (Fsp3) is 0.316. The van der Waals surface area contributed by atoms with Crippen molar-refractivity contribution in [1.82, 2.24) is 4.90 Å². The number of fused-ring (bicyclic) bond motifs is 1. The van der Waals surface area contributed by atoms with Gasteiger partial charge in [0.2, 0.25) is 5.91 Å². The summed E-state index contributed by atoms with van der Waals surface area (Å²) in [5, 5.41) is 14.0. The molecule has 1 aliphatic heterocycles. The first-order valence-electron chi connectivity index (χ1n) is 8.43. The van der Waals surface area contributed by atoms with Crippen LogP contribution in [-0.2, 0) is 17.8 Å². The first-order valence-corrected chi connectivity index (χ1v) is 8.43. The lowest BCUT2D eigenvalue weighted by molar-refractivity contribution is -0.384. The zero-order valence-corrected chi connectivity index (χ0v) is 14.8. The molecule has 7 heteroatoms. The van der Waals surface area contributed by atoms with Gasteiger partial charge in [-0.2, -0.15) is 0 Å². The number of nitro groups is 1. The van der Waals surface area contributed by atoms with Crippen LogP contribution >= 0.6 is 0 Å². The molecule has 0 unspecified atom stereocenters. The number of nitro benzene ring substituents is 1. The molecule has 1 atom stereocenters. The minimum Gasteiger partial charge on any atom is -0.496 e. The Kier molecular flexibility index (Phi) is 5.18. The van der Waals surface area contributed by atoms with E-state index in [4.69, 9.17) is 4.74 Å². The van der Waals surface area contributed by atoms with Crippen molar-refractivity contribution in [1.29, 1.82) is 0 Å². The molecule has 0 radical (unpaired) electrons. The summed E-state index contributed by atoms with van der Waals surface area (Å²) in [6.07, 6.45) is 0.885. The molecule has 0 fully saturated rings. The Balaban J connectivity index is 1.73. The molecule has 1 aliphatic rings. The predicted molar refractivity (Wildman–Crippen MR) is 98.3 cm³/mol. The van der Waals surface area contributed by atoms with Crippen LogP contribution in [0, 0.1) is 10.1 Å². The maximum absolute atomic E-state index is 12.6. The van der Waals surface area contributed by atoms with E-state index in [1.54, 1.807) is 6.07 Å². The summed E-state index contributed by atoms with van der Waals surface area (Å²) < 4.78 is 5.02. The molecule has 3 rings (SSSR count). The van der Waals surface area contributed by atoms with E-state index in [0.717, 1.165) is 13.0 Å². The first kappa shape index (κ1) is 17.9. The van der Waals surface area contributed by atoms with Crippen molar-refractivity contribution in [2.75, 3.05) is 19.0 Å². The van der Waals surface area contributed by atoms with Crippen molar-refractivity contribution in [3.05, 3.63) is 63.7 Å². The van der Waals surface area contributed by atoms with E-state index in [2.05, 4.69) is 22.3 Å². The average molecular weight is 355 g/mol. The molecule has 0 bridgehead atoms. The molecule has 0 spiro atoms. The average Bonchev–Trinajstić information content (AvgIpc) is 2.67. The highest BCUT2D eigenvalue weighted by Gasteiger charge is 2.27. The van der Waals surface area contributed by atoms with Gasteiger partial charge in [-0.05, 0) is 36.6 Å². The monoisotopic (exact) mass is 355 g/mol. The molecular formula is C19H21N3O4. The topological polar surface area (TPSA) is 84.7 Å². The van der Waals surface area contributed by atoms with E-state index in [1.807, 2.05) is 19.1 Å². The third-order valence-electron chi connectivity index (χ3n) is 4.75. The van der Waals surface area contributed by atoms with Crippen molar-refractivity contribution in [3.8, 4) is 5.75 Å². The molecule has 0 saturated carbocycles. The van der Waals surface area contributed by atoms with E-state index in [1.165, 1.54) is 30.4 Å². The van der Waals surface area contributed by atoms with Crippen LogP contribution in [0.3, 0.4) is 0 Å². The Morgan fingerprint density at radius 3 is 2.69 bits per heavy atom. The quantitative estimate of drug-likeness (QED) is 0.658. The molecule has 0 aliphatic carbocycles. The van der Waals surface area contributed by atoms with Gasteiger partial charge in [-0.15, -0.1) is 0 Å². The Morgan fingerprint density at radius 1 is 1.27 bits per heavy atom. The third-order valence-corrected chi connectivity index (χ3v) is 4.75. The molecule has 1 N–H and O–H groups in total. The predicted octanol–water partition coefficient (Wildman–Crippen LogP) is 2.99. The molecule has 7 nitrogen and oxygen atoms in total. The zero-order chi connectivity index (χ0) is 18.7. The smallest absolute Gasteiger partial charge is 0.296 e. The number of rotatable bonds is 5. The van der Waals surface area contributed by atoms with E-state index in [9.17, 15) is 14.9 Å². The van der Waals surface area contributed by atoms with Crippen LogP contribution in [0.15, 0.2) is 42.5 Å². The molecule has 1 heterocycles. The number of nitrogens with one attached hydrogen (secondary N) is 1. The summed E-state index contributed by atoms with van der Waals surface area (Å²) in [5.74, 6) is 0.105. The van der Waals surface area contributed by atoms with E-state index in [0.29, 0.717) is 12.3 Å². The zero-order valence-electron chi connectivity index (χ0n) is 14.8. The van der Waals surface area contributed by atoms with Crippen LogP contribution in [0.1, 0.15) is 18.1 Å². The van der Waals surface area contributed by atoms with Gasteiger partial charge in [-0.25, -0.2) is 0 Å². The molecule has 0 saturated heterocycles. The molecule has 1 amide bonds. The maximum Gasteiger partial charge on any atom is 0.296 e. The molecule has 26 heavy (non-hydrogen) atoms. The van der Waals surface area contributed by atoms with Crippen molar-refractivity contribution in [2.24, 2.45) is 0 Å². The number of anilines is 1. The molecule has 2 aromatic carbocycles. The standard InChI is InChI=1S/C19H21N3O4/c1-13(21-10-9-14-5-3-4-6-15(14)12-21)19(23)20-17-8-7-16(26-2)11-18(17)22(24)25/h3-8,11,13H,9-10,12H2,1-2H3,(H,20,23)/t13-/m1/s1. The number of hydrogen-bond donors (Lipinski definition) is 1. The van der Waals surface area contributed by atoms with Crippen molar-refractivity contribution < 1.29 is 14.5 Å². The van der Waals surface area contributed by atoms with E-state index >= 15 is 0 Å². The highest BCUT2D eigenvalue weighted by atomic mass is 16.6. The number of ether oxygens (including phenoxy) is 1. The van der Waals surface area contributed by atoms with Crippen LogP contribution in [0.4, 0.5) is 11.4 Å². The number of methoxy groups -OCH3 is 1. The SMILES string of the molecule is COc1ccc(NC(=O)[C@@H](C)N2CCc3ccccc3C2)c([N+](=O)[O-])c1. The van der Waals surface area contributed by atoms with Crippen molar-refractivity contribution >= 4 is 17.3 Å². The van der Waals surface area contributed by atoms with E-state index < -0.39 is 11.0 Å². The van der Waals surface area contributed by atoms with Gasteiger partial charge >= 0.3 is 0 Å². The van der Waals surface area contributed by atoms with Gasteiger partial charge in [0.25, 0.3) is 5.69 Å². The lowest BCUT2D eigenvalue weighted by Gasteiger charge is -2.32. The van der Waals surface area contributed by atoms with E-state index in [-0.39, 0.29) is 17.3 Å². The lowest BCUT2D eigenvalue weighted by Crippen LogP contribution is -2.44. The van der Waals surface area contributed by atoms with Gasteiger partial charge in [-0.3, -0.25) is 19.8 Å². The molecular weight excluding hydrogens is 334 g/mol. The first-order chi connectivity index (χ1) is 12.5. The minimum absolute atomic E-state index is 0.171. The van der Waals surface area contributed by atoms with Crippen LogP contribution in [0.2, 0.25) is 0 Å². The molecule has 136 valence electrons. The van der Waals surface area contributed by atoms with Crippen LogP contribution in [-0.4, -0.2) is 35.4 Å². The van der Waals surface area contributed by atoms with Crippen LogP contribution in [0.25, 0.3) is 0 Å². The Labute approximate surface area is 151 Å². The third kappa shape index (κ3) is 3.67. The maximum atomic E-state index is 12.6. The highest BCUT2D eigenvalue weighted by Crippen LogP contribution is 2.29. The number of nitrogens with zero attached hydrogens (tertiary/aromatic N) is 2. The summed E-state index contributed by atoms with van der Waals surface area (Å²) in [4.78, 5) is 25.5. The molecule has 0 aromatic heterocycles. The van der Waals surface area contributed by atoms with Gasteiger partial charge in [0, 0.05) is 13.1 Å². The summed E-state index contributed by atoms with van der Waals surface area (Å²) in [7, 11) is 1.44. The van der Waals surface area contributed by atoms with Crippen LogP contribution in [0.5, 0.6) is 5.75 Å². The lowest BCUT2D eigenvalue weighted by atomic mass is 9.99. The molecule has 2 aromatic rings. The largest absolute Gasteiger partial charge is 0.496 e. The van der Waals surface area contributed by atoms with Crippen LogP contribution < -0.4 is 10.1 Å². The second-order valence-electron chi connectivity index (χ2n) is 6.29. The Hall–Kier alpha value is -2.93. The second-order valence-corrected chi connectivity index (χ2v) is 6.29. The summed E-state index contributed by atoms with van der Waals surface area (Å²) in [5.41, 5.74) is 2.51. The van der Waals surface area contributed by atoms with Gasteiger partial charge in [-0.1, -0.05) is 24.3 Å². The highest BCUT2D eigenvalue weighted by molar-refractivity contribution is 5.96. The minimum atomic E-state index is -0.528. The number of carbonyl (C=O) groups is 1. The summed E-state index contributed by atoms with van der Waals surface area (Å²) in [6.45, 7) is 3.28. The van der Waals surface area contributed by atoms with Gasteiger partial charge in [0.1, 0.15) is 11.4 Å². The van der Waals surface area contributed by atoms with Gasteiger partial charge < -0.3 is 10.1 Å². The summed E-state index contributed by atoms with van der Waals surface area (Å²) >= 11 is 0. The van der Waals surface area contributed by atoms with Gasteiger partial charge in [0.05, 0.1) is 24.1 Å². The Morgan fingerprint density at radius 2 is 2.00 bits per heavy atom. The van der Waals surface area contributed by atoms with Crippen molar-refractivity contribution in [2.45, 2.75) is 25.9 Å². The summed E-state index contributed by atoms with van der Waals surface area (Å²) in [6, 6.07) is 12.2.